The van der Waals surface area contributed by atoms with E-state index in [2.05, 4.69) is 24.1 Å². The summed E-state index contributed by atoms with van der Waals surface area (Å²) in [7, 11) is 0. The van der Waals surface area contributed by atoms with Gasteiger partial charge in [-0.3, -0.25) is 4.79 Å². The van der Waals surface area contributed by atoms with Crippen molar-refractivity contribution in [2.24, 2.45) is 10.9 Å². The highest BCUT2D eigenvalue weighted by atomic mass is 16.1. The molecular formula is C12H13NO. The maximum Gasteiger partial charge on any atom is 0.269 e. The molecule has 2 rings (SSSR count). The lowest BCUT2D eigenvalue weighted by molar-refractivity contribution is -0.113. The minimum Gasteiger partial charge on any atom is -0.267 e. The first kappa shape index (κ1) is 9.13. The standard InChI is InChI=1S/C12H13NO/c1-7-4-9(3)12-10(5-7)8(2)6-11(14)13-12/h4-6,10H,1-3H3. The lowest BCUT2D eigenvalue weighted by Crippen LogP contribution is -2.23. The van der Waals surface area contributed by atoms with Gasteiger partial charge in [0.15, 0.2) is 0 Å². The Bertz CT molecular complexity index is 422. The molecule has 0 bridgehead atoms. The van der Waals surface area contributed by atoms with Gasteiger partial charge in [0.05, 0.1) is 5.71 Å². The quantitative estimate of drug-likeness (QED) is 0.572. The molecule has 14 heavy (non-hydrogen) atoms. The fourth-order valence-corrected chi connectivity index (χ4v) is 1.99. The van der Waals surface area contributed by atoms with Crippen molar-refractivity contribution in [2.45, 2.75) is 20.8 Å². The maximum atomic E-state index is 11.2. The lowest BCUT2D eigenvalue weighted by Gasteiger charge is -2.24. The van der Waals surface area contributed by atoms with Crippen molar-refractivity contribution < 1.29 is 4.79 Å². The molecule has 0 aromatic carbocycles. The van der Waals surface area contributed by atoms with Gasteiger partial charge in [-0.25, -0.2) is 4.99 Å². The van der Waals surface area contributed by atoms with E-state index in [-0.39, 0.29) is 11.8 Å². The van der Waals surface area contributed by atoms with Crippen LogP contribution in [0.25, 0.3) is 0 Å². The number of allylic oxidation sites excluding steroid dienone is 5. The first-order valence-electron chi connectivity index (χ1n) is 4.76. The van der Waals surface area contributed by atoms with Crippen molar-refractivity contribution in [3.8, 4) is 0 Å². The number of dihydropyridines is 1. The second-order valence-electron chi connectivity index (χ2n) is 3.94. The molecule has 0 fully saturated rings. The molecule has 1 heterocycles. The molecule has 0 saturated carbocycles. The van der Waals surface area contributed by atoms with Crippen LogP contribution in [0.15, 0.2) is 39.9 Å². The van der Waals surface area contributed by atoms with Gasteiger partial charge in [0.2, 0.25) is 0 Å². The summed E-state index contributed by atoms with van der Waals surface area (Å²) in [5.41, 5.74) is 4.36. The minimum absolute atomic E-state index is 0.130. The van der Waals surface area contributed by atoms with Crippen LogP contribution in [0.2, 0.25) is 0 Å². The molecule has 0 aromatic rings. The number of aliphatic imine (C=N–C) groups is 1. The number of amides is 1. The van der Waals surface area contributed by atoms with Crippen LogP contribution in [-0.2, 0) is 4.79 Å². The Balaban J connectivity index is 2.51. The van der Waals surface area contributed by atoms with E-state index in [0.717, 1.165) is 16.9 Å². The maximum absolute atomic E-state index is 11.2. The van der Waals surface area contributed by atoms with Gasteiger partial charge in [-0.15, -0.1) is 0 Å². The van der Waals surface area contributed by atoms with Crippen molar-refractivity contribution in [3.05, 3.63) is 34.9 Å². The van der Waals surface area contributed by atoms with E-state index in [9.17, 15) is 4.79 Å². The summed E-state index contributed by atoms with van der Waals surface area (Å²) >= 11 is 0. The zero-order valence-electron chi connectivity index (χ0n) is 8.66. The Kier molecular flexibility index (Phi) is 1.99. The van der Waals surface area contributed by atoms with Gasteiger partial charge in [0.1, 0.15) is 0 Å². The molecule has 72 valence electrons. The number of hydrogen-bond donors (Lipinski definition) is 0. The van der Waals surface area contributed by atoms with Gasteiger partial charge in [-0.05, 0) is 26.3 Å². The van der Waals surface area contributed by atoms with Gasteiger partial charge in [0.25, 0.3) is 5.91 Å². The molecular weight excluding hydrogens is 174 g/mol. The lowest BCUT2D eigenvalue weighted by atomic mass is 9.83. The topological polar surface area (TPSA) is 29.4 Å². The fourth-order valence-electron chi connectivity index (χ4n) is 1.99. The minimum atomic E-state index is -0.130. The van der Waals surface area contributed by atoms with E-state index in [1.165, 1.54) is 5.57 Å². The predicted octanol–water partition coefficient (Wildman–Crippen LogP) is 2.44. The third-order valence-electron chi connectivity index (χ3n) is 2.64. The van der Waals surface area contributed by atoms with Gasteiger partial charge in [-0.1, -0.05) is 23.3 Å². The van der Waals surface area contributed by atoms with E-state index >= 15 is 0 Å². The van der Waals surface area contributed by atoms with Crippen LogP contribution in [0, 0.1) is 5.92 Å². The van der Waals surface area contributed by atoms with Crippen LogP contribution in [0.1, 0.15) is 20.8 Å². The van der Waals surface area contributed by atoms with E-state index in [4.69, 9.17) is 0 Å². The van der Waals surface area contributed by atoms with Gasteiger partial charge >= 0.3 is 0 Å². The van der Waals surface area contributed by atoms with E-state index in [0.29, 0.717) is 0 Å². The summed E-state index contributed by atoms with van der Waals surface area (Å²) in [4.78, 5) is 15.3. The zero-order valence-corrected chi connectivity index (χ0v) is 8.66. The molecule has 2 aliphatic rings. The predicted molar refractivity (Wildman–Crippen MR) is 57.2 cm³/mol. The molecule has 0 spiro atoms. The Morgan fingerprint density at radius 2 is 1.93 bits per heavy atom. The number of carbonyl (C=O) groups excluding carboxylic acids is 1. The summed E-state index contributed by atoms with van der Waals surface area (Å²) in [6.07, 6.45) is 5.85. The molecule has 1 unspecified atom stereocenters. The summed E-state index contributed by atoms with van der Waals surface area (Å²) in [5, 5.41) is 0. The highest BCUT2D eigenvalue weighted by molar-refractivity contribution is 6.14. The zero-order chi connectivity index (χ0) is 10.3. The molecule has 1 aliphatic heterocycles. The highest BCUT2D eigenvalue weighted by Gasteiger charge is 2.25. The van der Waals surface area contributed by atoms with Gasteiger partial charge < -0.3 is 0 Å². The van der Waals surface area contributed by atoms with Gasteiger partial charge in [0, 0.05) is 12.0 Å². The second kappa shape index (κ2) is 3.05. The average Bonchev–Trinajstić information content (AvgIpc) is 2.07. The van der Waals surface area contributed by atoms with Crippen LogP contribution in [-0.4, -0.2) is 11.6 Å². The summed E-state index contributed by atoms with van der Waals surface area (Å²) < 4.78 is 0. The van der Waals surface area contributed by atoms with Crippen molar-refractivity contribution >= 4 is 11.6 Å². The molecule has 0 aromatic heterocycles. The summed E-state index contributed by atoms with van der Waals surface area (Å²) in [6, 6.07) is 0. The number of nitrogens with zero attached hydrogens (tertiary/aromatic N) is 1. The smallest absolute Gasteiger partial charge is 0.267 e. The van der Waals surface area contributed by atoms with E-state index in [1.54, 1.807) is 6.08 Å². The van der Waals surface area contributed by atoms with Crippen LogP contribution in [0.4, 0.5) is 0 Å². The third-order valence-corrected chi connectivity index (χ3v) is 2.64. The number of carbonyl (C=O) groups is 1. The Labute approximate surface area is 83.7 Å². The summed E-state index contributed by atoms with van der Waals surface area (Å²) in [6.45, 7) is 6.07. The first-order valence-corrected chi connectivity index (χ1v) is 4.76. The molecule has 1 amide bonds. The molecule has 0 N–H and O–H groups in total. The molecule has 1 aliphatic carbocycles. The summed E-state index contributed by atoms with van der Waals surface area (Å²) in [5.74, 6) is 0.0900. The average molecular weight is 187 g/mol. The molecule has 0 radical (unpaired) electrons. The molecule has 2 heteroatoms. The third kappa shape index (κ3) is 1.37. The van der Waals surface area contributed by atoms with Crippen LogP contribution >= 0.6 is 0 Å². The van der Waals surface area contributed by atoms with Crippen LogP contribution in [0.3, 0.4) is 0 Å². The van der Waals surface area contributed by atoms with Crippen molar-refractivity contribution in [3.63, 3.8) is 0 Å². The highest BCUT2D eigenvalue weighted by Crippen LogP contribution is 2.28. The van der Waals surface area contributed by atoms with Crippen molar-refractivity contribution in [1.82, 2.24) is 0 Å². The van der Waals surface area contributed by atoms with E-state index in [1.807, 2.05) is 13.8 Å². The number of fused-ring (bicyclic) bond motifs is 1. The van der Waals surface area contributed by atoms with E-state index < -0.39 is 0 Å². The van der Waals surface area contributed by atoms with Gasteiger partial charge in [-0.2, -0.15) is 0 Å². The molecule has 0 saturated heterocycles. The number of hydrogen-bond acceptors (Lipinski definition) is 1. The molecule has 1 atom stereocenters. The fraction of sp³-hybridized carbons (Fsp3) is 0.333. The Hall–Kier alpha value is -1.44. The SMILES string of the molecule is CC1=CC2C(C)=CC(=O)N=C2C(C)=C1. The Morgan fingerprint density at radius 1 is 1.21 bits per heavy atom. The first-order chi connectivity index (χ1) is 6.58. The normalized spacial score (nSPS) is 25.9. The van der Waals surface area contributed by atoms with Crippen LogP contribution < -0.4 is 0 Å². The largest absolute Gasteiger partial charge is 0.269 e. The number of rotatable bonds is 0. The second-order valence-corrected chi connectivity index (χ2v) is 3.94. The van der Waals surface area contributed by atoms with Crippen LogP contribution in [0.5, 0.6) is 0 Å². The van der Waals surface area contributed by atoms with Crippen molar-refractivity contribution in [2.75, 3.05) is 0 Å². The van der Waals surface area contributed by atoms with Crippen molar-refractivity contribution in [1.29, 1.82) is 0 Å². The molecule has 2 nitrogen and oxygen atoms in total. The monoisotopic (exact) mass is 187 g/mol. The Morgan fingerprint density at radius 3 is 2.64 bits per heavy atom.